The third-order valence-corrected chi connectivity index (χ3v) is 9.36. The van der Waals surface area contributed by atoms with Gasteiger partial charge in [-0.2, -0.15) is 0 Å². The van der Waals surface area contributed by atoms with Crippen molar-refractivity contribution >= 4 is 46.2 Å². The van der Waals surface area contributed by atoms with E-state index in [4.69, 9.17) is 0 Å². The van der Waals surface area contributed by atoms with Gasteiger partial charge in [-0.25, -0.2) is 0 Å². The van der Waals surface area contributed by atoms with Crippen LogP contribution in [-0.2, 0) is 16.1 Å². The molecule has 4 nitrogen and oxygen atoms in total. The maximum atomic E-state index is 14.4. The summed E-state index contributed by atoms with van der Waals surface area (Å²) in [5.41, 5.74) is 3.29. The number of amides is 2. The lowest BCUT2D eigenvalue weighted by atomic mass is 9.91. The van der Waals surface area contributed by atoms with Crippen LogP contribution < -0.4 is 0 Å². The van der Waals surface area contributed by atoms with Crippen molar-refractivity contribution in [2.24, 2.45) is 0 Å². The van der Waals surface area contributed by atoms with Gasteiger partial charge < -0.3 is 9.80 Å². The average Bonchev–Trinajstić information content (AvgIpc) is 3.49. The van der Waals surface area contributed by atoms with E-state index in [9.17, 15) is 9.59 Å². The first-order valence-electron chi connectivity index (χ1n) is 12.1. The fourth-order valence-electron chi connectivity index (χ4n) is 5.23. The maximum absolute atomic E-state index is 14.4. The number of hydrogen-bond acceptors (Lipinski definition) is 3. The lowest BCUT2D eigenvalue weighted by molar-refractivity contribution is -0.133. The van der Waals surface area contributed by atoms with Gasteiger partial charge in [0.25, 0.3) is 0 Å². The van der Waals surface area contributed by atoms with Gasteiger partial charge in [0.15, 0.2) is 0 Å². The predicted molar refractivity (Wildman–Crippen MR) is 149 cm³/mol. The third-order valence-electron chi connectivity index (χ3n) is 6.96. The zero-order valence-electron chi connectivity index (χ0n) is 19.8. The molecule has 35 heavy (non-hydrogen) atoms. The van der Waals surface area contributed by atoms with E-state index < -0.39 is 4.75 Å². The highest BCUT2D eigenvalue weighted by atomic mass is 127. The minimum atomic E-state index is -0.924. The molecule has 0 bridgehead atoms. The molecule has 0 saturated carbocycles. The zero-order chi connectivity index (χ0) is 24.4. The van der Waals surface area contributed by atoms with Crippen molar-refractivity contribution in [3.63, 3.8) is 0 Å². The Morgan fingerprint density at radius 3 is 2.31 bits per heavy atom. The van der Waals surface area contributed by atoms with Gasteiger partial charge in [0, 0.05) is 28.1 Å². The highest BCUT2D eigenvalue weighted by molar-refractivity contribution is 14.1. The monoisotopic (exact) mass is 596 g/mol. The summed E-state index contributed by atoms with van der Waals surface area (Å²) in [5.74, 6) is 0.125. The summed E-state index contributed by atoms with van der Waals surface area (Å²) in [7, 11) is 0. The van der Waals surface area contributed by atoms with Gasteiger partial charge in [0.05, 0.1) is 12.5 Å². The van der Waals surface area contributed by atoms with Crippen LogP contribution in [0.25, 0.3) is 0 Å². The Bertz CT molecular complexity index is 1210. The van der Waals surface area contributed by atoms with Crippen LogP contribution in [0, 0.1) is 10.5 Å². The second kappa shape index (κ2) is 10.3. The zero-order valence-corrected chi connectivity index (χ0v) is 22.8. The summed E-state index contributed by atoms with van der Waals surface area (Å²) >= 11 is 3.92. The summed E-state index contributed by atoms with van der Waals surface area (Å²) in [4.78, 5) is 33.2. The van der Waals surface area contributed by atoms with E-state index in [1.165, 1.54) is 5.56 Å². The van der Waals surface area contributed by atoms with Crippen LogP contribution in [0.1, 0.15) is 42.0 Å². The Morgan fingerprint density at radius 2 is 1.63 bits per heavy atom. The molecule has 0 aliphatic carbocycles. The summed E-state index contributed by atoms with van der Waals surface area (Å²) < 4.78 is 0.151. The van der Waals surface area contributed by atoms with E-state index in [2.05, 4.69) is 78.0 Å². The first kappa shape index (κ1) is 24.4. The molecule has 0 N–H and O–H groups in total. The number of carbonyl (C=O) groups excluding carboxylic acids is 2. The third kappa shape index (κ3) is 4.87. The molecule has 0 radical (unpaired) electrons. The smallest absolute Gasteiger partial charge is 0.242 e. The highest BCUT2D eigenvalue weighted by Gasteiger charge is 2.59. The van der Waals surface area contributed by atoms with Gasteiger partial charge in [-0.15, -0.1) is 11.8 Å². The Hall–Kier alpha value is -2.32. The number of halogens is 1. The highest BCUT2D eigenvalue weighted by Crippen LogP contribution is 2.54. The van der Waals surface area contributed by atoms with Gasteiger partial charge in [0.1, 0.15) is 4.75 Å². The number of aryl methyl sites for hydroxylation is 1. The normalized spacial score (nSPS) is 22.1. The quantitative estimate of drug-likeness (QED) is 0.317. The molecule has 2 saturated heterocycles. The van der Waals surface area contributed by atoms with Gasteiger partial charge in [-0.05, 0) is 71.7 Å². The molecule has 2 aliphatic rings. The molecule has 6 heteroatoms. The largest absolute Gasteiger partial charge is 0.341 e. The first-order chi connectivity index (χ1) is 17.0. The Balaban J connectivity index is 1.66. The van der Waals surface area contributed by atoms with Gasteiger partial charge in [-0.3, -0.25) is 9.59 Å². The van der Waals surface area contributed by atoms with Crippen molar-refractivity contribution in [3.05, 3.63) is 99.1 Å². The number of thioether (sulfide) groups is 1. The van der Waals surface area contributed by atoms with Gasteiger partial charge >= 0.3 is 0 Å². The lowest BCUT2D eigenvalue weighted by Gasteiger charge is -2.39. The van der Waals surface area contributed by atoms with Gasteiger partial charge in [-0.1, -0.05) is 66.2 Å². The molecule has 0 spiro atoms. The van der Waals surface area contributed by atoms with E-state index in [0.717, 1.165) is 45.5 Å². The van der Waals surface area contributed by atoms with E-state index in [0.29, 0.717) is 6.54 Å². The minimum absolute atomic E-state index is 0.0330. The Kier molecular flexibility index (Phi) is 7.21. The molecule has 0 aromatic heterocycles. The number of carbonyl (C=O) groups is 2. The summed E-state index contributed by atoms with van der Waals surface area (Å²) in [6.45, 7) is 4.08. The molecule has 3 aromatic rings. The number of nitrogens with zero attached hydrogens (tertiary/aromatic N) is 2. The number of rotatable bonds is 6. The molecular formula is C29H29IN2O2S. The Morgan fingerprint density at radius 1 is 0.971 bits per heavy atom. The fraction of sp³-hybridized carbons (Fsp3) is 0.310. The van der Waals surface area contributed by atoms with E-state index in [1.54, 1.807) is 11.8 Å². The van der Waals surface area contributed by atoms with Crippen molar-refractivity contribution in [1.82, 2.24) is 9.80 Å². The van der Waals surface area contributed by atoms with Crippen LogP contribution in [-0.4, -0.2) is 39.5 Å². The van der Waals surface area contributed by atoms with Crippen molar-refractivity contribution in [1.29, 1.82) is 0 Å². The lowest BCUT2D eigenvalue weighted by Crippen LogP contribution is -2.49. The standard InChI is InChI=1S/C29H29IN2O2S/c1-21-13-15-23(16-14-21)35-29(28(34)31-17-7-8-18-31)19-26(33)32(20-22-9-3-2-4-10-22)27(29)24-11-5-6-12-25(24)30/h2-6,9-16,27H,7-8,17-20H2,1H3/t27-,29-/m1/s1. The summed E-state index contributed by atoms with van der Waals surface area (Å²) in [5, 5.41) is 0. The minimum Gasteiger partial charge on any atom is -0.341 e. The van der Waals surface area contributed by atoms with Crippen LogP contribution in [0.3, 0.4) is 0 Å². The molecule has 3 aromatic carbocycles. The molecule has 2 aliphatic heterocycles. The summed E-state index contributed by atoms with van der Waals surface area (Å²) in [6.07, 6.45) is 2.24. The predicted octanol–water partition coefficient (Wildman–Crippen LogP) is 6.23. The van der Waals surface area contributed by atoms with Gasteiger partial charge in [0.2, 0.25) is 11.8 Å². The SMILES string of the molecule is Cc1ccc(S[C@]2(C(=O)N3CCCC3)CC(=O)N(Cc3ccccc3)[C@@H]2c2ccccc2I)cc1. The number of benzene rings is 3. The topological polar surface area (TPSA) is 40.6 Å². The van der Waals surface area contributed by atoms with E-state index in [1.807, 2.05) is 40.1 Å². The van der Waals surface area contributed by atoms with Crippen LogP contribution in [0.15, 0.2) is 83.8 Å². The van der Waals surface area contributed by atoms with E-state index in [-0.39, 0.29) is 24.3 Å². The maximum Gasteiger partial charge on any atom is 0.242 e. The molecule has 2 amide bonds. The fourth-order valence-corrected chi connectivity index (χ4v) is 7.38. The van der Waals surface area contributed by atoms with Crippen molar-refractivity contribution < 1.29 is 9.59 Å². The second-order valence-corrected chi connectivity index (χ2v) is 12.0. The van der Waals surface area contributed by atoms with Crippen molar-refractivity contribution in [3.8, 4) is 0 Å². The Labute approximate surface area is 225 Å². The molecule has 2 heterocycles. The molecule has 2 atom stereocenters. The van der Waals surface area contributed by atoms with Crippen molar-refractivity contribution in [2.75, 3.05) is 13.1 Å². The van der Waals surface area contributed by atoms with Crippen LogP contribution >= 0.6 is 34.4 Å². The van der Waals surface area contributed by atoms with Crippen LogP contribution in [0.2, 0.25) is 0 Å². The molecule has 0 unspecified atom stereocenters. The van der Waals surface area contributed by atoms with Crippen molar-refractivity contribution in [2.45, 2.75) is 48.4 Å². The van der Waals surface area contributed by atoms with Crippen LogP contribution in [0.5, 0.6) is 0 Å². The molecule has 5 rings (SSSR count). The average molecular weight is 597 g/mol. The second-order valence-electron chi connectivity index (χ2n) is 9.41. The first-order valence-corrected chi connectivity index (χ1v) is 14.0. The molecular weight excluding hydrogens is 567 g/mol. The van der Waals surface area contributed by atoms with Crippen LogP contribution in [0.4, 0.5) is 0 Å². The summed E-state index contributed by atoms with van der Waals surface area (Å²) in [6, 6.07) is 26.2. The number of hydrogen-bond donors (Lipinski definition) is 0. The number of likely N-dealkylation sites (tertiary alicyclic amines) is 2. The van der Waals surface area contributed by atoms with E-state index >= 15 is 0 Å². The molecule has 2 fully saturated rings. The molecule has 180 valence electrons.